The first-order valence-electron chi connectivity index (χ1n) is 7.66. The lowest BCUT2D eigenvalue weighted by molar-refractivity contribution is 0.392. The van der Waals surface area contributed by atoms with Gasteiger partial charge in [-0.05, 0) is 31.2 Å². The second-order valence-corrected chi connectivity index (χ2v) is 7.02. The van der Waals surface area contributed by atoms with Crippen LogP contribution in [-0.2, 0) is 10.0 Å². The van der Waals surface area contributed by atoms with Crippen LogP contribution in [0.15, 0.2) is 53.8 Å². The van der Waals surface area contributed by atoms with Gasteiger partial charge in [0.25, 0.3) is 10.0 Å². The summed E-state index contributed by atoms with van der Waals surface area (Å²) in [5.41, 5.74) is 0.330. The van der Waals surface area contributed by atoms with Crippen molar-refractivity contribution in [3.05, 3.63) is 54.7 Å². The summed E-state index contributed by atoms with van der Waals surface area (Å²) in [5.74, 6) is 2.06. The minimum Gasteiger partial charge on any atom is -0.497 e. The molecule has 1 aromatic carbocycles. The fourth-order valence-electron chi connectivity index (χ4n) is 2.41. The second-order valence-electron chi connectivity index (χ2n) is 5.37. The average molecular weight is 374 g/mol. The molecule has 0 spiro atoms. The molecule has 2 heterocycles. The molecule has 0 unspecified atom stereocenters. The quantitative estimate of drug-likeness (QED) is 0.712. The van der Waals surface area contributed by atoms with Gasteiger partial charge in [-0.1, -0.05) is 0 Å². The van der Waals surface area contributed by atoms with Crippen LogP contribution in [0.3, 0.4) is 0 Å². The molecule has 26 heavy (non-hydrogen) atoms. The van der Waals surface area contributed by atoms with Gasteiger partial charge in [0.05, 0.1) is 26.1 Å². The van der Waals surface area contributed by atoms with Gasteiger partial charge in [-0.25, -0.2) is 18.4 Å². The number of sulfonamides is 1. The molecule has 0 amide bonds. The molecule has 0 radical (unpaired) electrons. The highest BCUT2D eigenvalue weighted by Gasteiger charge is 2.21. The van der Waals surface area contributed by atoms with Gasteiger partial charge in [-0.2, -0.15) is 0 Å². The molecule has 0 atom stereocenters. The van der Waals surface area contributed by atoms with Gasteiger partial charge in [-0.15, -0.1) is 0 Å². The molecule has 1 N–H and O–H groups in total. The largest absolute Gasteiger partial charge is 0.497 e. The number of aryl methyl sites for hydroxylation is 1. The zero-order valence-corrected chi connectivity index (χ0v) is 15.3. The Bertz CT molecular complexity index is 1010. The van der Waals surface area contributed by atoms with Crippen molar-refractivity contribution < 1.29 is 17.9 Å². The maximum absolute atomic E-state index is 12.7. The molecular weight excluding hydrogens is 356 g/mol. The lowest BCUT2D eigenvalue weighted by atomic mass is 10.3. The van der Waals surface area contributed by atoms with Gasteiger partial charge in [0, 0.05) is 18.5 Å². The lowest BCUT2D eigenvalue weighted by Gasteiger charge is -2.13. The molecule has 3 aromatic rings. The number of rotatable bonds is 6. The minimum atomic E-state index is -3.88. The van der Waals surface area contributed by atoms with E-state index < -0.39 is 10.0 Å². The first-order chi connectivity index (χ1) is 12.4. The van der Waals surface area contributed by atoms with Gasteiger partial charge in [0.1, 0.15) is 28.0 Å². The molecule has 8 nitrogen and oxygen atoms in total. The number of ether oxygens (including phenoxy) is 2. The normalized spacial score (nSPS) is 11.2. The van der Waals surface area contributed by atoms with E-state index in [0.29, 0.717) is 17.3 Å². The van der Waals surface area contributed by atoms with E-state index in [9.17, 15) is 8.42 Å². The van der Waals surface area contributed by atoms with E-state index in [4.69, 9.17) is 9.47 Å². The number of imidazole rings is 1. The Labute approximate surface area is 151 Å². The highest BCUT2D eigenvalue weighted by molar-refractivity contribution is 7.92. The molecule has 3 rings (SSSR count). The molecule has 9 heteroatoms. The third-order valence-corrected chi connectivity index (χ3v) is 5.14. The van der Waals surface area contributed by atoms with Gasteiger partial charge in [-0.3, -0.25) is 9.29 Å². The van der Waals surface area contributed by atoms with Crippen molar-refractivity contribution in [2.75, 3.05) is 18.9 Å². The third-order valence-electron chi connectivity index (χ3n) is 3.73. The Hall–Kier alpha value is -3.07. The number of methoxy groups -OCH3 is 2. The van der Waals surface area contributed by atoms with Gasteiger partial charge >= 0.3 is 0 Å². The van der Waals surface area contributed by atoms with E-state index >= 15 is 0 Å². The standard InChI is InChI=1S/C17H18N4O4S/c1-12-18-8-9-21(12)17-7-4-13(11-19-17)20-26(22,23)16-10-14(24-2)5-6-15(16)25-3/h4-11,20H,1-3H3. The van der Waals surface area contributed by atoms with Crippen LogP contribution >= 0.6 is 0 Å². The van der Waals surface area contributed by atoms with Crippen LogP contribution in [0.1, 0.15) is 5.82 Å². The molecule has 2 aromatic heterocycles. The predicted molar refractivity (Wildman–Crippen MR) is 96.5 cm³/mol. The van der Waals surface area contributed by atoms with Gasteiger partial charge in [0.2, 0.25) is 0 Å². The molecule has 0 aliphatic carbocycles. The van der Waals surface area contributed by atoms with Crippen molar-refractivity contribution >= 4 is 15.7 Å². The van der Waals surface area contributed by atoms with Crippen LogP contribution in [0.25, 0.3) is 5.82 Å². The summed E-state index contributed by atoms with van der Waals surface area (Å²) in [5, 5.41) is 0. The van der Waals surface area contributed by atoms with E-state index in [2.05, 4.69) is 14.7 Å². The fourth-order valence-corrected chi connectivity index (χ4v) is 3.64. The Kier molecular flexibility index (Phi) is 4.81. The highest BCUT2D eigenvalue weighted by atomic mass is 32.2. The van der Waals surface area contributed by atoms with E-state index in [1.807, 2.05) is 6.92 Å². The number of pyridine rings is 1. The number of nitrogens with zero attached hydrogens (tertiary/aromatic N) is 3. The molecule has 0 aliphatic heterocycles. The minimum absolute atomic E-state index is 0.0196. The molecule has 0 bridgehead atoms. The van der Waals surface area contributed by atoms with Crippen LogP contribution in [0, 0.1) is 6.92 Å². The monoisotopic (exact) mass is 374 g/mol. The number of hydrogen-bond acceptors (Lipinski definition) is 6. The molecule has 136 valence electrons. The summed E-state index contributed by atoms with van der Waals surface area (Å²) in [6, 6.07) is 7.90. The summed E-state index contributed by atoms with van der Waals surface area (Å²) >= 11 is 0. The van der Waals surface area contributed by atoms with Crippen molar-refractivity contribution in [2.45, 2.75) is 11.8 Å². The zero-order valence-electron chi connectivity index (χ0n) is 14.5. The van der Waals surface area contributed by atoms with E-state index in [1.54, 1.807) is 35.2 Å². The van der Waals surface area contributed by atoms with Crippen LogP contribution in [-0.4, -0.2) is 37.2 Å². The Morgan fingerprint density at radius 3 is 2.46 bits per heavy atom. The molecule has 0 aliphatic rings. The van der Waals surface area contributed by atoms with Crippen molar-refractivity contribution in [3.8, 4) is 17.3 Å². The second kappa shape index (κ2) is 7.04. The molecule has 0 saturated heterocycles. The van der Waals surface area contributed by atoms with E-state index in [1.165, 1.54) is 32.5 Å². The maximum Gasteiger partial charge on any atom is 0.265 e. The van der Waals surface area contributed by atoms with Crippen molar-refractivity contribution in [1.82, 2.24) is 14.5 Å². The SMILES string of the molecule is COc1ccc(OC)c(S(=O)(=O)Nc2ccc(-n3ccnc3C)nc2)c1. The fraction of sp³-hybridized carbons (Fsp3) is 0.176. The lowest BCUT2D eigenvalue weighted by Crippen LogP contribution is -2.14. The first-order valence-corrected chi connectivity index (χ1v) is 9.14. The third kappa shape index (κ3) is 3.47. The Balaban J connectivity index is 1.89. The molecule has 0 fully saturated rings. The number of anilines is 1. The van der Waals surface area contributed by atoms with Gasteiger partial charge in [0.15, 0.2) is 0 Å². The van der Waals surface area contributed by atoms with Crippen LogP contribution in [0.2, 0.25) is 0 Å². The summed E-state index contributed by atoms with van der Waals surface area (Å²) < 4.78 is 40.0. The Morgan fingerprint density at radius 1 is 1.08 bits per heavy atom. The summed E-state index contributed by atoms with van der Waals surface area (Å²) in [6.07, 6.45) is 4.89. The van der Waals surface area contributed by atoms with Crippen LogP contribution in [0.4, 0.5) is 5.69 Å². The summed E-state index contributed by atoms with van der Waals surface area (Å²) in [4.78, 5) is 8.39. The number of benzene rings is 1. The maximum atomic E-state index is 12.7. The number of aromatic nitrogens is 3. The van der Waals surface area contributed by atoms with E-state index in [0.717, 1.165) is 5.82 Å². The topological polar surface area (TPSA) is 95.3 Å². The summed E-state index contributed by atoms with van der Waals surface area (Å²) in [7, 11) is -1.01. The zero-order chi connectivity index (χ0) is 18.7. The number of nitrogens with one attached hydrogen (secondary N) is 1. The van der Waals surface area contributed by atoms with Crippen molar-refractivity contribution in [1.29, 1.82) is 0 Å². The highest BCUT2D eigenvalue weighted by Crippen LogP contribution is 2.29. The Morgan fingerprint density at radius 2 is 1.88 bits per heavy atom. The van der Waals surface area contributed by atoms with Gasteiger partial charge < -0.3 is 9.47 Å². The predicted octanol–water partition coefficient (Wildman–Crippen LogP) is 2.39. The van der Waals surface area contributed by atoms with E-state index in [-0.39, 0.29) is 10.6 Å². The van der Waals surface area contributed by atoms with Crippen molar-refractivity contribution in [3.63, 3.8) is 0 Å². The summed E-state index contributed by atoms with van der Waals surface area (Å²) in [6.45, 7) is 1.85. The smallest absolute Gasteiger partial charge is 0.265 e. The molecule has 0 saturated carbocycles. The average Bonchev–Trinajstić information content (AvgIpc) is 3.07. The van der Waals surface area contributed by atoms with Crippen LogP contribution in [0.5, 0.6) is 11.5 Å². The first kappa shape index (κ1) is 17.7. The molecular formula is C17H18N4O4S. The van der Waals surface area contributed by atoms with Crippen LogP contribution < -0.4 is 14.2 Å². The van der Waals surface area contributed by atoms with Crippen molar-refractivity contribution in [2.24, 2.45) is 0 Å². The number of hydrogen-bond donors (Lipinski definition) is 1.